The minimum absolute atomic E-state index is 0.00153. The molecule has 2 fully saturated rings. The van der Waals surface area contributed by atoms with E-state index in [2.05, 4.69) is 6.92 Å². The number of hydrogen-bond donors (Lipinski definition) is 0. The summed E-state index contributed by atoms with van der Waals surface area (Å²) >= 11 is 0. The van der Waals surface area contributed by atoms with Gasteiger partial charge in [-0.05, 0) is 57.6 Å². The van der Waals surface area contributed by atoms with E-state index in [1.807, 2.05) is 57.1 Å². The molecule has 5 atom stereocenters. The molecule has 1 aromatic heterocycles. The largest absolute Gasteiger partial charge is 0.468 e. The lowest BCUT2D eigenvalue weighted by Crippen LogP contribution is -2.44. The van der Waals surface area contributed by atoms with E-state index in [1.165, 1.54) is 7.11 Å². The molecular weight excluding hydrogens is 408 g/mol. The summed E-state index contributed by atoms with van der Waals surface area (Å²) in [6, 6.07) is 7.94. The van der Waals surface area contributed by atoms with Crippen molar-refractivity contribution in [3.05, 3.63) is 35.5 Å². The molecule has 0 radical (unpaired) electrons. The van der Waals surface area contributed by atoms with Gasteiger partial charge in [-0.2, -0.15) is 5.06 Å². The fourth-order valence-electron chi connectivity index (χ4n) is 6.52. The average molecular weight is 441 g/mol. The van der Waals surface area contributed by atoms with Gasteiger partial charge in [0, 0.05) is 29.6 Å². The third kappa shape index (κ3) is 2.87. The minimum Gasteiger partial charge on any atom is -0.468 e. The normalized spacial score (nSPS) is 31.8. The van der Waals surface area contributed by atoms with Crippen molar-refractivity contribution in [2.24, 2.45) is 11.3 Å². The van der Waals surface area contributed by atoms with E-state index in [0.29, 0.717) is 6.42 Å². The molecule has 1 saturated heterocycles. The molecular formula is C25H32N2O5. The second kappa shape index (κ2) is 7.06. The number of ether oxygens (including phenoxy) is 2. The van der Waals surface area contributed by atoms with Crippen LogP contribution in [0.3, 0.4) is 0 Å². The van der Waals surface area contributed by atoms with Crippen molar-refractivity contribution in [2.75, 3.05) is 14.2 Å². The quantitative estimate of drug-likeness (QED) is 0.617. The second-order valence-corrected chi connectivity index (χ2v) is 10.6. The molecule has 7 heteroatoms. The Kier molecular flexibility index (Phi) is 4.73. The van der Waals surface area contributed by atoms with Crippen LogP contribution in [0.4, 0.5) is 4.79 Å². The van der Waals surface area contributed by atoms with Gasteiger partial charge < -0.3 is 9.47 Å². The van der Waals surface area contributed by atoms with Crippen molar-refractivity contribution >= 4 is 23.0 Å². The number of rotatable bonds is 1. The molecule has 172 valence electrons. The molecule has 3 aliphatic rings. The van der Waals surface area contributed by atoms with Crippen molar-refractivity contribution in [3.8, 4) is 0 Å². The molecule has 0 spiro atoms. The van der Waals surface area contributed by atoms with Gasteiger partial charge in [0.25, 0.3) is 0 Å². The molecule has 2 aliphatic carbocycles. The predicted molar refractivity (Wildman–Crippen MR) is 119 cm³/mol. The monoisotopic (exact) mass is 440 g/mol. The maximum atomic E-state index is 13.5. The number of para-hydroxylation sites is 1. The number of methoxy groups -OCH3 is 1. The number of esters is 1. The van der Waals surface area contributed by atoms with Crippen molar-refractivity contribution in [2.45, 2.75) is 70.6 Å². The third-order valence-corrected chi connectivity index (χ3v) is 7.83. The van der Waals surface area contributed by atoms with Crippen LogP contribution in [0.1, 0.15) is 57.7 Å². The Morgan fingerprint density at radius 2 is 1.91 bits per heavy atom. The van der Waals surface area contributed by atoms with Gasteiger partial charge in [-0.15, -0.1) is 0 Å². The first-order chi connectivity index (χ1) is 15.1. The zero-order valence-electron chi connectivity index (χ0n) is 19.7. The smallest absolute Gasteiger partial charge is 0.419 e. The summed E-state index contributed by atoms with van der Waals surface area (Å²) in [6.07, 6.45) is 2.03. The molecule has 0 N–H and O–H groups in total. The van der Waals surface area contributed by atoms with Crippen LogP contribution in [0.25, 0.3) is 10.9 Å². The molecule has 2 heterocycles. The van der Waals surface area contributed by atoms with Crippen molar-refractivity contribution < 1.29 is 23.9 Å². The number of carbonyl (C=O) groups excluding carboxylic acids is 2. The van der Waals surface area contributed by atoms with Crippen LogP contribution in [0.2, 0.25) is 0 Å². The van der Waals surface area contributed by atoms with Crippen molar-refractivity contribution in [1.29, 1.82) is 0 Å². The van der Waals surface area contributed by atoms with Gasteiger partial charge in [-0.3, -0.25) is 9.63 Å². The second-order valence-electron chi connectivity index (χ2n) is 10.6. The Hall–Kier alpha value is -2.38. The van der Waals surface area contributed by atoms with E-state index in [0.717, 1.165) is 35.0 Å². The van der Waals surface area contributed by atoms with Crippen LogP contribution in [0.15, 0.2) is 24.3 Å². The maximum Gasteiger partial charge on any atom is 0.419 e. The SMILES string of the molecule is COC(=O)[C@H]1c2c(c3ccccc3n2C(=O)OC(C)(C)C)C[C@@H]2N(C)O[C@@H]3CC[C@H]1[C@]23C. The zero-order valence-corrected chi connectivity index (χ0v) is 19.7. The Balaban J connectivity index is 1.81. The fraction of sp³-hybridized carbons (Fsp3) is 0.600. The predicted octanol–water partition coefficient (Wildman–Crippen LogP) is 4.27. The van der Waals surface area contributed by atoms with Crippen LogP contribution in [-0.4, -0.2) is 53.6 Å². The number of aromatic nitrogens is 1. The van der Waals surface area contributed by atoms with Crippen LogP contribution in [0, 0.1) is 11.3 Å². The molecule has 1 aliphatic heterocycles. The van der Waals surface area contributed by atoms with Crippen LogP contribution >= 0.6 is 0 Å². The molecule has 0 bridgehead atoms. The highest BCUT2D eigenvalue weighted by molar-refractivity contribution is 5.96. The van der Waals surface area contributed by atoms with E-state index in [1.54, 1.807) is 4.57 Å². The Bertz CT molecular complexity index is 1100. The Morgan fingerprint density at radius 3 is 2.59 bits per heavy atom. The molecule has 1 saturated carbocycles. The molecule has 0 amide bonds. The Labute approximate surface area is 188 Å². The molecule has 5 rings (SSSR count). The summed E-state index contributed by atoms with van der Waals surface area (Å²) in [6.45, 7) is 7.80. The van der Waals surface area contributed by atoms with Gasteiger partial charge >= 0.3 is 12.1 Å². The van der Waals surface area contributed by atoms with E-state index < -0.39 is 17.6 Å². The highest BCUT2D eigenvalue weighted by Crippen LogP contribution is 2.61. The molecule has 1 aromatic carbocycles. The first-order valence-corrected chi connectivity index (χ1v) is 11.4. The van der Waals surface area contributed by atoms with E-state index in [4.69, 9.17) is 14.3 Å². The highest BCUT2D eigenvalue weighted by Gasteiger charge is 2.64. The van der Waals surface area contributed by atoms with Crippen molar-refractivity contribution in [3.63, 3.8) is 0 Å². The summed E-state index contributed by atoms with van der Waals surface area (Å²) in [7, 11) is 3.41. The van der Waals surface area contributed by atoms with Gasteiger partial charge in [-0.1, -0.05) is 25.1 Å². The van der Waals surface area contributed by atoms with Gasteiger partial charge in [-0.25, -0.2) is 9.36 Å². The first kappa shape index (κ1) is 21.5. The molecule has 0 unspecified atom stereocenters. The fourth-order valence-corrected chi connectivity index (χ4v) is 6.52. The average Bonchev–Trinajstić information content (AvgIpc) is 3.26. The standard InChI is InChI=1S/C25H32N2O5/c1-24(2,3)31-23(29)27-17-10-8-7-9-14(17)15-13-18-25(4)16(11-12-19(25)32-26(18)5)20(21(15)27)22(28)30-6/h7-10,16,18-20H,11-13H2,1-6H3/t16-,18+,19-,20-,25-/m1/s1. The molecule has 32 heavy (non-hydrogen) atoms. The van der Waals surface area contributed by atoms with Gasteiger partial charge in [0.2, 0.25) is 0 Å². The van der Waals surface area contributed by atoms with E-state index >= 15 is 0 Å². The summed E-state index contributed by atoms with van der Waals surface area (Å²) in [4.78, 5) is 33.2. The number of nitrogens with zero attached hydrogens (tertiary/aromatic N) is 2. The minimum atomic E-state index is -0.657. The lowest BCUT2D eigenvalue weighted by molar-refractivity contribution is -0.145. The van der Waals surface area contributed by atoms with Crippen molar-refractivity contribution in [1.82, 2.24) is 9.63 Å². The number of benzene rings is 1. The highest BCUT2D eigenvalue weighted by atomic mass is 16.7. The van der Waals surface area contributed by atoms with E-state index in [9.17, 15) is 9.59 Å². The summed E-state index contributed by atoms with van der Waals surface area (Å²) in [5, 5.41) is 2.95. The van der Waals surface area contributed by atoms with Gasteiger partial charge in [0.15, 0.2) is 0 Å². The lowest BCUT2D eigenvalue weighted by atomic mass is 9.68. The zero-order chi connectivity index (χ0) is 23.0. The number of carbonyl (C=O) groups is 2. The van der Waals surface area contributed by atoms with Gasteiger partial charge in [0.1, 0.15) is 11.5 Å². The molecule has 7 nitrogen and oxygen atoms in total. The van der Waals surface area contributed by atoms with E-state index in [-0.39, 0.29) is 29.4 Å². The summed E-state index contributed by atoms with van der Waals surface area (Å²) in [5.74, 6) is -0.868. The molecule has 2 aromatic rings. The number of hydroxylamine groups is 2. The first-order valence-electron chi connectivity index (χ1n) is 11.4. The topological polar surface area (TPSA) is 70.0 Å². The van der Waals surface area contributed by atoms with Crippen LogP contribution in [-0.2, 0) is 25.5 Å². The number of hydrogen-bond acceptors (Lipinski definition) is 6. The van der Waals surface area contributed by atoms with Crippen LogP contribution in [0.5, 0.6) is 0 Å². The summed E-state index contributed by atoms with van der Waals surface area (Å²) < 4.78 is 12.8. The van der Waals surface area contributed by atoms with Gasteiger partial charge in [0.05, 0.1) is 18.7 Å². The lowest BCUT2D eigenvalue weighted by Gasteiger charge is -2.37. The number of fused-ring (bicyclic) bond motifs is 3. The third-order valence-electron chi connectivity index (χ3n) is 7.83. The Morgan fingerprint density at radius 1 is 1.19 bits per heavy atom. The summed E-state index contributed by atoms with van der Waals surface area (Å²) in [5.41, 5.74) is 1.63. The van der Waals surface area contributed by atoms with Crippen LogP contribution < -0.4 is 0 Å². The number of likely N-dealkylation sites (N-methyl/N-ethyl adjacent to an activating group) is 1. The maximum absolute atomic E-state index is 13.5.